The SMILES string of the molecule is CC(C/C(N)=N/O)NS(=O)(=O)c1cc(Br)ccc1Br. The number of rotatable bonds is 5. The van der Waals surface area contributed by atoms with Gasteiger partial charge < -0.3 is 10.9 Å². The molecule has 0 bridgehead atoms. The van der Waals surface area contributed by atoms with Crippen LogP contribution in [0, 0.1) is 0 Å². The highest BCUT2D eigenvalue weighted by Gasteiger charge is 2.21. The molecule has 1 rings (SSSR count). The van der Waals surface area contributed by atoms with E-state index in [1.54, 1.807) is 19.1 Å². The van der Waals surface area contributed by atoms with Gasteiger partial charge in [-0.2, -0.15) is 0 Å². The molecule has 9 heteroatoms. The fourth-order valence-corrected chi connectivity index (χ4v) is 4.15. The van der Waals surface area contributed by atoms with E-state index >= 15 is 0 Å². The molecule has 4 N–H and O–H groups in total. The maximum absolute atomic E-state index is 12.2. The Hall–Kier alpha value is -0.640. The second kappa shape index (κ2) is 6.69. The lowest BCUT2D eigenvalue weighted by molar-refractivity contribution is 0.316. The van der Waals surface area contributed by atoms with E-state index in [9.17, 15) is 8.42 Å². The number of nitrogens with two attached hydrogens (primary N) is 1. The van der Waals surface area contributed by atoms with Gasteiger partial charge in [0, 0.05) is 21.4 Å². The quantitative estimate of drug-likeness (QED) is 0.296. The molecule has 0 saturated carbocycles. The molecule has 1 aromatic rings. The zero-order chi connectivity index (χ0) is 14.6. The summed E-state index contributed by atoms with van der Waals surface area (Å²) in [4.78, 5) is 0.119. The lowest BCUT2D eigenvalue weighted by Gasteiger charge is -2.14. The Bertz CT molecular complexity index is 590. The topological polar surface area (TPSA) is 105 Å². The normalized spacial score (nSPS) is 14.4. The molecule has 0 amide bonds. The van der Waals surface area contributed by atoms with E-state index in [0.717, 1.165) is 0 Å². The molecular formula is C10H13Br2N3O3S. The Morgan fingerprint density at radius 3 is 2.74 bits per heavy atom. The van der Waals surface area contributed by atoms with E-state index in [0.29, 0.717) is 8.95 Å². The number of halogens is 2. The van der Waals surface area contributed by atoms with Crippen LogP contribution in [-0.2, 0) is 10.0 Å². The minimum absolute atomic E-state index is 0.0384. The lowest BCUT2D eigenvalue weighted by Crippen LogP contribution is -2.35. The van der Waals surface area contributed by atoms with E-state index in [-0.39, 0.29) is 17.2 Å². The first-order valence-corrected chi connectivity index (χ1v) is 8.27. The number of oxime groups is 1. The number of sulfonamides is 1. The van der Waals surface area contributed by atoms with Gasteiger partial charge in [-0.15, -0.1) is 0 Å². The number of nitrogens with zero attached hydrogens (tertiary/aromatic N) is 1. The Morgan fingerprint density at radius 1 is 1.53 bits per heavy atom. The molecule has 6 nitrogen and oxygen atoms in total. The predicted molar refractivity (Wildman–Crippen MR) is 79.7 cm³/mol. The molecule has 0 aliphatic rings. The van der Waals surface area contributed by atoms with Crippen LogP contribution in [0.1, 0.15) is 13.3 Å². The van der Waals surface area contributed by atoms with Gasteiger partial charge in [-0.05, 0) is 41.1 Å². The van der Waals surface area contributed by atoms with E-state index in [4.69, 9.17) is 10.9 Å². The zero-order valence-electron chi connectivity index (χ0n) is 9.97. The smallest absolute Gasteiger partial charge is 0.241 e. The van der Waals surface area contributed by atoms with Gasteiger partial charge >= 0.3 is 0 Å². The van der Waals surface area contributed by atoms with Gasteiger partial charge in [0.1, 0.15) is 5.84 Å². The van der Waals surface area contributed by atoms with Crippen LogP contribution in [0.2, 0.25) is 0 Å². The molecule has 1 atom stereocenters. The number of hydrogen-bond donors (Lipinski definition) is 3. The standard InChI is InChI=1S/C10H13Br2N3O3S/c1-6(4-10(13)14-16)15-19(17,18)9-5-7(11)2-3-8(9)12/h2-3,5-6,15-16H,4H2,1H3,(H2,13,14). The van der Waals surface area contributed by atoms with Gasteiger partial charge in [0.05, 0.1) is 4.90 Å². The summed E-state index contributed by atoms with van der Waals surface area (Å²) < 4.78 is 27.9. The second-order valence-corrected chi connectivity index (χ2v) is 7.34. The molecule has 0 radical (unpaired) electrons. The van der Waals surface area contributed by atoms with Gasteiger partial charge in [0.2, 0.25) is 10.0 Å². The summed E-state index contributed by atoms with van der Waals surface area (Å²) in [7, 11) is -3.69. The number of nitrogens with one attached hydrogen (secondary N) is 1. The summed E-state index contributed by atoms with van der Waals surface area (Å²) in [6.45, 7) is 1.63. The maximum Gasteiger partial charge on any atom is 0.241 e. The van der Waals surface area contributed by atoms with Crippen LogP contribution in [0.3, 0.4) is 0 Å². The van der Waals surface area contributed by atoms with Crippen molar-refractivity contribution >= 4 is 47.7 Å². The molecule has 106 valence electrons. The summed E-state index contributed by atoms with van der Waals surface area (Å²) in [5.74, 6) is -0.0384. The number of amidine groups is 1. The fraction of sp³-hybridized carbons (Fsp3) is 0.300. The van der Waals surface area contributed by atoms with Crippen molar-refractivity contribution in [2.45, 2.75) is 24.3 Å². The van der Waals surface area contributed by atoms with Crippen LogP contribution < -0.4 is 10.5 Å². The third kappa shape index (κ3) is 4.75. The Labute approximate surface area is 128 Å². The van der Waals surface area contributed by atoms with Crippen molar-refractivity contribution in [2.75, 3.05) is 0 Å². The van der Waals surface area contributed by atoms with Gasteiger partial charge in [0.25, 0.3) is 0 Å². The Balaban J connectivity index is 2.95. The van der Waals surface area contributed by atoms with Crippen LogP contribution in [0.4, 0.5) is 0 Å². The Kier molecular flexibility index (Phi) is 5.78. The Morgan fingerprint density at radius 2 is 2.16 bits per heavy atom. The average Bonchev–Trinajstić information content (AvgIpc) is 2.31. The lowest BCUT2D eigenvalue weighted by atomic mass is 10.2. The highest BCUT2D eigenvalue weighted by molar-refractivity contribution is 9.11. The van der Waals surface area contributed by atoms with Gasteiger partial charge in [-0.3, -0.25) is 0 Å². The molecule has 0 spiro atoms. The van der Waals surface area contributed by atoms with Crippen molar-refractivity contribution in [3.05, 3.63) is 27.1 Å². The molecule has 0 heterocycles. The molecular weight excluding hydrogens is 402 g/mol. The van der Waals surface area contributed by atoms with Crippen molar-refractivity contribution in [1.29, 1.82) is 0 Å². The van der Waals surface area contributed by atoms with Crippen molar-refractivity contribution in [2.24, 2.45) is 10.9 Å². The van der Waals surface area contributed by atoms with Gasteiger partial charge in [-0.25, -0.2) is 13.1 Å². The monoisotopic (exact) mass is 413 g/mol. The van der Waals surface area contributed by atoms with E-state index < -0.39 is 16.1 Å². The third-order valence-corrected chi connectivity index (χ3v) is 5.26. The molecule has 0 aromatic heterocycles. The minimum atomic E-state index is -3.69. The summed E-state index contributed by atoms with van der Waals surface area (Å²) >= 11 is 6.41. The van der Waals surface area contributed by atoms with Crippen molar-refractivity contribution in [1.82, 2.24) is 4.72 Å². The number of hydrogen-bond acceptors (Lipinski definition) is 4. The predicted octanol–water partition coefficient (Wildman–Crippen LogP) is 2.01. The molecule has 19 heavy (non-hydrogen) atoms. The maximum atomic E-state index is 12.2. The molecule has 1 aromatic carbocycles. The van der Waals surface area contributed by atoms with Crippen LogP contribution in [-0.4, -0.2) is 25.5 Å². The highest BCUT2D eigenvalue weighted by atomic mass is 79.9. The largest absolute Gasteiger partial charge is 0.409 e. The van der Waals surface area contributed by atoms with Crippen molar-refractivity contribution in [3.63, 3.8) is 0 Å². The first-order chi connectivity index (χ1) is 8.76. The van der Waals surface area contributed by atoms with Crippen LogP contribution in [0.15, 0.2) is 37.2 Å². The van der Waals surface area contributed by atoms with Gasteiger partial charge in [-0.1, -0.05) is 21.1 Å². The first kappa shape index (κ1) is 16.4. The molecule has 0 aliphatic heterocycles. The summed E-state index contributed by atoms with van der Waals surface area (Å²) in [5.41, 5.74) is 5.33. The number of benzene rings is 1. The summed E-state index contributed by atoms with van der Waals surface area (Å²) in [6.07, 6.45) is 0.112. The van der Waals surface area contributed by atoms with E-state index in [2.05, 4.69) is 41.7 Å². The van der Waals surface area contributed by atoms with E-state index in [1.807, 2.05) is 0 Å². The fourth-order valence-electron chi connectivity index (χ4n) is 1.41. The van der Waals surface area contributed by atoms with Crippen LogP contribution in [0.25, 0.3) is 0 Å². The summed E-state index contributed by atoms with van der Waals surface area (Å²) in [5, 5.41) is 11.3. The first-order valence-electron chi connectivity index (χ1n) is 5.20. The summed E-state index contributed by atoms with van der Waals surface area (Å²) in [6, 6.07) is 4.35. The zero-order valence-corrected chi connectivity index (χ0v) is 14.0. The minimum Gasteiger partial charge on any atom is -0.409 e. The molecule has 0 saturated heterocycles. The van der Waals surface area contributed by atoms with Crippen LogP contribution >= 0.6 is 31.9 Å². The molecule has 0 aliphatic carbocycles. The molecule has 1 unspecified atom stereocenters. The van der Waals surface area contributed by atoms with Gasteiger partial charge in [0.15, 0.2) is 0 Å². The highest BCUT2D eigenvalue weighted by Crippen LogP contribution is 2.25. The van der Waals surface area contributed by atoms with Crippen molar-refractivity contribution in [3.8, 4) is 0 Å². The van der Waals surface area contributed by atoms with Crippen LogP contribution in [0.5, 0.6) is 0 Å². The van der Waals surface area contributed by atoms with E-state index in [1.165, 1.54) is 6.07 Å². The second-order valence-electron chi connectivity index (χ2n) is 3.89. The average molecular weight is 415 g/mol. The molecule has 0 fully saturated rings. The third-order valence-electron chi connectivity index (χ3n) is 2.18. The van der Waals surface area contributed by atoms with Crippen molar-refractivity contribution < 1.29 is 13.6 Å².